The minimum Gasteiger partial charge on any atom is -0.322 e. The molecule has 0 aliphatic rings. The molecule has 0 aliphatic heterocycles. The summed E-state index contributed by atoms with van der Waals surface area (Å²) in [6.45, 7) is 0. The SMILES string of the molecule is [c]1[c]n2c(nc3ccccc32)[nH]1. The number of benzene rings is 1. The maximum absolute atomic E-state index is 4.32. The first-order valence-corrected chi connectivity index (χ1v) is 3.70. The van der Waals surface area contributed by atoms with Gasteiger partial charge < -0.3 is 4.98 Å². The molecule has 1 aromatic carbocycles. The first-order chi connectivity index (χ1) is 5.95. The van der Waals surface area contributed by atoms with Gasteiger partial charge >= 0.3 is 0 Å². The van der Waals surface area contributed by atoms with E-state index in [1.165, 1.54) is 0 Å². The van der Waals surface area contributed by atoms with E-state index in [9.17, 15) is 0 Å². The molecule has 0 fully saturated rings. The molecule has 0 atom stereocenters. The molecule has 3 aromatic rings. The van der Waals surface area contributed by atoms with Gasteiger partial charge in [0.2, 0.25) is 5.78 Å². The highest BCUT2D eigenvalue weighted by atomic mass is 15.1. The second kappa shape index (κ2) is 1.88. The minimum atomic E-state index is 0.788. The topological polar surface area (TPSA) is 33.1 Å². The van der Waals surface area contributed by atoms with Crippen molar-refractivity contribution in [3.8, 4) is 0 Å². The number of nitrogens with one attached hydrogen (secondary N) is 1. The van der Waals surface area contributed by atoms with E-state index in [4.69, 9.17) is 0 Å². The summed E-state index contributed by atoms with van der Waals surface area (Å²) in [4.78, 5) is 7.20. The number of aromatic nitrogens is 3. The number of nitrogens with zero attached hydrogens (tertiary/aromatic N) is 2. The van der Waals surface area contributed by atoms with Crippen LogP contribution in [0.1, 0.15) is 0 Å². The summed E-state index contributed by atoms with van der Waals surface area (Å²) in [6.07, 6.45) is 5.68. The molecule has 12 heavy (non-hydrogen) atoms. The molecular formula is C9H5N3. The average molecular weight is 155 g/mol. The Morgan fingerprint density at radius 3 is 3.25 bits per heavy atom. The normalized spacial score (nSPS) is 11.3. The van der Waals surface area contributed by atoms with Crippen LogP contribution in [0.2, 0.25) is 0 Å². The van der Waals surface area contributed by atoms with Crippen molar-refractivity contribution in [2.75, 3.05) is 0 Å². The van der Waals surface area contributed by atoms with E-state index in [1.54, 1.807) is 0 Å². The van der Waals surface area contributed by atoms with Gasteiger partial charge in [-0.25, -0.2) is 4.98 Å². The summed E-state index contributed by atoms with van der Waals surface area (Å²) in [5.74, 6) is 0.788. The summed E-state index contributed by atoms with van der Waals surface area (Å²) in [7, 11) is 0. The van der Waals surface area contributed by atoms with Crippen molar-refractivity contribution in [1.29, 1.82) is 0 Å². The Balaban J connectivity index is 2.68. The molecule has 0 bridgehead atoms. The Hall–Kier alpha value is -1.77. The molecule has 0 aliphatic carbocycles. The van der Waals surface area contributed by atoms with E-state index in [0.29, 0.717) is 0 Å². The van der Waals surface area contributed by atoms with Gasteiger partial charge in [0.25, 0.3) is 0 Å². The largest absolute Gasteiger partial charge is 0.322 e. The van der Waals surface area contributed by atoms with Crippen LogP contribution >= 0.6 is 0 Å². The van der Waals surface area contributed by atoms with E-state index >= 15 is 0 Å². The summed E-state index contributed by atoms with van der Waals surface area (Å²) in [5.41, 5.74) is 2.04. The lowest BCUT2D eigenvalue weighted by molar-refractivity contribution is 1.24. The predicted octanol–water partition coefficient (Wildman–Crippen LogP) is 1.42. The van der Waals surface area contributed by atoms with Gasteiger partial charge in [-0.3, -0.25) is 4.40 Å². The maximum atomic E-state index is 4.32. The standard InChI is InChI=1S/C9H5N3/c1-2-4-8-7(3-1)11-9-10-5-6-12(8)9/h1-4H,(H,10,11). The lowest BCUT2D eigenvalue weighted by Gasteiger charge is -1.85. The second-order valence-corrected chi connectivity index (χ2v) is 2.62. The molecule has 0 spiro atoms. The highest BCUT2D eigenvalue weighted by Crippen LogP contribution is 2.13. The zero-order valence-corrected chi connectivity index (χ0v) is 6.20. The third kappa shape index (κ3) is 0.580. The molecule has 3 heteroatoms. The van der Waals surface area contributed by atoms with Crippen molar-refractivity contribution in [1.82, 2.24) is 14.4 Å². The number of hydrogen-bond donors (Lipinski definition) is 1. The van der Waals surface area contributed by atoms with Crippen LogP contribution in [-0.4, -0.2) is 14.4 Å². The first-order valence-electron chi connectivity index (χ1n) is 3.70. The summed E-state index contributed by atoms with van der Waals surface area (Å²) >= 11 is 0. The Morgan fingerprint density at radius 1 is 1.33 bits per heavy atom. The van der Waals surface area contributed by atoms with E-state index in [2.05, 4.69) is 22.4 Å². The first kappa shape index (κ1) is 5.83. The number of H-pyrrole nitrogens is 1. The molecule has 0 amide bonds. The van der Waals surface area contributed by atoms with Crippen LogP contribution in [0, 0.1) is 12.4 Å². The Labute approximate surface area is 68.7 Å². The van der Waals surface area contributed by atoms with Crippen molar-refractivity contribution in [3.05, 3.63) is 36.7 Å². The minimum absolute atomic E-state index is 0.788. The number of para-hydroxylation sites is 2. The fraction of sp³-hybridized carbons (Fsp3) is 0. The highest BCUT2D eigenvalue weighted by Gasteiger charge is 2.02. The van der Waals surface area contributed by atoms with Gasteiger partial charge in [-0.2, -0.15) is 0 Å². The summed E-state index contributed by atoms with van der Waals surface area (Å²) in [5, 5.41) is 0. The third-order valence-corrected chi connectivity index (χ3v) is 1.90. The number of aromatic amines is 1. The van der Waals surface area contributed by atoms with E-state index in [-0.39, 0.29) is 0 Å². The van der Waals surface area contributed by atoms with Gasteiger partial charge in [0.1, 0.15) is 6.20 Å². The summed E-state index contributed by atoms with van der Waals surface area (Å²) in [6, 6.07) is 7.94. The zero-order chi connectivity index (χ0) is 7.97. The van der Waals surface area contributed by atoms with E-state index < -0.39 is 0 Å². The van der Waals surface area contributed by atoms with Crippen LogP contribution in [0.4, 0.5) is 0 Å². The van der Waals surface area contributed by atoms with E-state index in [0.717, 1.165) is 16.8 Å². The van der Waals surface area contributed by atoms with Crippen LogP contribution in [0.25, 0.3) is 16.8 Å². The van der Waals surface area contributed by atoms with Crippen LogP contribution in [0.3, 0.4) is 0 Å². The van der Waals surface area contributed by atoms with Gasteiger partial charge in [0.05, 0.1) is 17.2 Å². The number of fused-ring (bicyclic) bond motifs is 3. The molecular weight excluding hydrogens is 150 g/mol. The van der Waals surface area contributed by atoms with Crippen LogP contribution in [0.5, 0.6) is 0 Å². The molecule has 3 rings (SSSR count). The molecule has 2 aromatic heterocycles. The molecule has 3 nitrogen and oxygen atoms in total. The molecule has 2 radical (unpaired) electrons. The lowest BCUT2D eigenvalue weighted by atomic mass is 10.3. The number of hydrogen-bond acceptors (Lipinski definition) is 1. The Morgan fingerprint density at radius 2 is 2.25 bits per heavy atom. The fourth-order valence-electron chi connectivity index (χ4n) is 1.36. The molecule has 1 N–H and O–H groups in total. The van der Waals surface area contributed by atoms with E-state index in [1.807, 2.05) is 28.7 Å². The molecule has 0 saturated carbocycles. The zero-order valence-electron chi connectivity index (χ0n) is 6.20. The van der Waals surface area contributed by atoms with Crippen LogP contribution in [-0.2, 0) is 0 Å². The van der Waals surface area contributed by atoms with Crippen molar-refractivity contribution in [2.24, 2.45) is 0 Å². The monoisotopic (exact) mass is 155 g/mol. The van der Waals surface area contributed by atoms with Crippen LogP contribution < -0.4 is 0 Å². The second-order valence-electron chi connectivity index (χ2n) is 2.62. The van der Waals surface area contributed by atoms with Gasteiger partial charge in [0, 0.05) is 0 Å². The van der Waals surface area contributed by atoms with Gasteiger partial charge in [0.15, 0.2) is 0 Å². The predicted molar refractivity (Wildman–Crippen MR) is 44.7 cm³/mol. The van der Waals surface area contributed by atoms with Gasteiger partial charge in [-0.05, 0) is 12.1 Å². The van der Waals surface area contributed by atoms with Crippen molar-refractivity contribution in [3.63, 3.8) is 0 Å². The van der Waals surface area contributed by atoms with Gasteiger partial charge in [-0.1, -0.05) is 12.1 Å². The number of imidazole rings is 2. The maximum Gasteiger partial charge on any atom is 0.213 e. The molecule has 0 unspecified atom stereocenters. The van der Waals surface area contributed by atoms with Crippen LogP contribution in [0.15, 0.2) is 24.3 Å². The average Bonchev–Trinajstić information content (AvgIpc) is 2.62. The Kier molecular flexibility index (Phi) is 0.913. The van der Waals surface area contributed by atoms with Gasteiger partial charge in [-0.15, -0.1) is 0 Å². The highest BCUT2D eigenvalue weighted by molar-refractivity contribution is 5.79. The quantitative estimate of drug-likeness (QED) is 0.523. The molecule has 0 saturated heterocycles. The molecule has 56 valence electrons. The summed E-state index contributed by atoms with van der Waals surface area (Å²) < 4.78 is 1.86. The molecule has 2 heterocycles. The smallest absolute Gasteiger partial charge is 0.213 e. The van der Waals surface area contributed by atoms with Crippen molar-refractivity contribution in [2.45, 2.75) is 0 Å². The lowest BCUT2D eigenvalue weighted by Crippen LogP contribution is -1.74. The number of rotatable bonds is 0. The van der Waals surface area contributed by atoms with Crippen molar-refractivity contribution >= 4 is 16.8 Å². The third-order valence-electron chi connectivity index (χ3n) is 1.90. The fourth-order valence-corrected chi connectivity index (χ4v) is 1.36. The Bertz CT molecular complexity index is 532. The van der Waals surface area contributed by atoms with Crippen molar-refractivity contribution < 1.29 is 0 Å².